The van der Waals surface area contributed by atoms with E-state index in [1.54, 1.807) is 25.3 Å². The van der Waals surface area contributed by atoms with Crippen LogP contribution in [0.25, 0.3) is 0 Å². The topological polar surface area (TPSA) is 61.6 Å². The van der Waals surface area contributed by atoms with Crippen LogP contribution in [-0.4, -0.2) is 69.7 Å². The highest BCUT2D eigenvalue weighted by atomic mass is 16.3. The molecule has 21 heavy (non-hydrogen) atoms. The fourth-order valence-corrected chi connectivity index (χ4v) is 2.88. The van der Waals surface area contributed by atoms with Crippen molar-refractivity contribution in [3.8, 4) is 0 Å². The monoisotopic (exact) mass is 294 g/mol. The van der Waals surface area contributed by atoms with Crippen LogP contribution in [0.2, 0.25) is 0 Å². The number of likely N-dealkylation sites (tertiary alicyclic amines) is 1. The lowest BCUT2D eigenvalue weighted by atomic mass is 9.89. The van der Waals surface area contributed by atoms with E-state index >= 15 is 0 Å². The molecule has 0 saturated carbocycles. The molecule has 1 unspecified atom stereocenters. The molecule has 6 nitrogen and oxygen atoms in total. The second-order valence-corrected chi connectivity index (χ2v) is 6.31. The van der Waals surface area contributed by atoms with Gasteiger partial charge in [-0.1, -0.05) is 0 Å². The highest BCUT2D eigenvalue weighted by molar-refractivity contribution is 5.76. The van der Waals surface area contributed by atoms with E-state index in [4.69, 9.17) is 0 Å². The van der Waals surface area contributed by atoms with Crippen LogP contribution in [0.4, 0.5) is 0 Å². The van der Waals surface area contributed by atoms with Crippen LogP contribution in [0.15, 0.2) is 12.5 Å². The molecule has 0 spiro atoms. The van der Waals surface area contributed by atoms with E-state index in [0.29, 0.717) is 13.0 Å². The number of imidazole rings is 1. The largest absolute Gasteiger partial charge is 0.388 e. The summed E-state index contributed by atoms with van der Waals surface area (Å²) in [5, 5.41) is 10.7. The summed E-state index contributed by atoms with van der Waals surface area (Å²) in [5.41, 5.74) is 0.306. The average Bonchev–Trinajstić information content (AvgIpc) is 2.81. The van der Waals surface area contributed by atoms with Crippen molar-refractivity contribution in [1.29, 1.82) is 0 Å². The van der Waals surface area contributed by atoms with Gasteiger partial charge in [-0.3, -0.25) is 4.79 Å². The lowest BCUT2D eigenvalue weighted by Crippen LogP contribution is -2.50. The molecule has 2 rings (SSSR count). The van der Waals surface area contributed by atoms with E-state index in [1.807, 2.05) is 17.8 Å². The molecule has 0 bridgehead atoms. The smallest absolute Gasteiger partial charge is 0.224 e. The maximum atomic E-state index is 11.8. The second-order valence-electron chi connectivity index (χ2n) is 6.31. The van der Waals surface area contributed by atoms with Crippen LogP contribution in [0.5, 0.6) is 0 Å². The molecule has 118 valence electrons. The predicted octanol–water partition coefficient (Wildman–Crippen LogP) is 0.268. The first-order chi connectivity index (χ1) is 9.89. The van der Waals surface area contributed by atoms with Gasteiger partial charge in [0.25, 0.3) is 0 Å². The minimum atomic E-state index is -0.883. The summed E-state index contributed by atoms with van der Waals surface area (Å²) >= 11 is 0. The zero-order valence-electron chi connectivity index (χ0n) is 13.2. The lowest BCUT2D eigenvalue weighted by Gasteiger charge is -2.39. The Hall–Kier alpha value is -1.40. The van der Waals surface area contributed by atoms with Crippen molar-refractivity contribution in [2.45, 2.75) is 31.3 Å². The molecule has 6 heteroatoms. The summed E-state index contributed by atoms with van der Waals surface area (Å²) in [7, 11) is 5.45. The molecule has 1 fully saturated rings. The van der Waals surface area contributed by atoms with Gasteiger partial charge >= 0.3 is 0 Å². The number of carbonyl (C=O) groups is 1. The number of carbonyl (C=O) groups excluding carboxylic acids is 1. The zero-order valence-corrected chi connectivity index (χ0v) is 13.2. The molecule has 1 atom stereocenters. The summed E-state index contributed by atoms with van der Waals surface area (Å²) in [4.78, 5) is 19.8. The van der Waals surface area contributed by atoms with Crippen molar-refractivity contribution in [1.82, 2.24) is 19.4 Å². The van der Waals surface area contributed by atoms with Crippen molar-refractivity contribution in [3.05, 3.63) is 18.2 Å². The van der Waals surface area contributed by atoms with Crippen molar-refractivity contribution >= 4 is 5.91 Å². The lowest BCUT2D eigenvalue weighted by molar-refractivity contribution is -0.136. The Bertz CT molecular complexity index is 486. The van der Waals surface area contributed by atoms with Gasteiger partial charge in [0.05, 0.1) is 18.3 Å². The van der Waals surface area contributed by atoms with Crippen LogP contribution >= 0.6 is 0 Å². The normalized spacial score (nSPS) is 23.2. The molecule has 1 aliphatic rings. The fourth-order valence-electron chi connectivity index (χ4n) is 2.88. The third kappa shape index (κ3) is 4.28. The number of aromatic nitrogens is 2. The van der Waals surface area contributed by atoms with Crippen molar-refractivity contribution in [2.75, 3.05) is 33.7 Å². The molecule has 1 aromatic heterocycles. The van der Waals surface area contributed by atoms with Crippen LogP contribution in [0.1, 0.15) is 25.0 Å². The number of β-amino-alcohol motifs (C(OH)–C–C–N with tert-alkyl or cyclic N) is 1. The Morgan fingerprint density at radius 1 is 1.52 bits per heavy atom. The Labute approximate surface area is 126 Å². The molecule has 1 N–H and O–H groups in total. The quantitative estimate of drug-likeness (QED) is 0.847. The Balaban J connectivity index is 1.88. The molecular formula is C15H26N4O2. The maximum absolute atomic E-state index is 11.8. The highest BCUT2D eigenvalue weighted by Crippen LogP contribution is 2.25. The van der Waals surface area contributed by atoms with Gasteiger partial charge in [0.2, 0.25) is 5.91 Å². The standard InChI is InChI=1S/C15H26N4O2/c1-17(2)14(20)9-15(21)6-4-7-19(11-15)8-5-13-10-16-12-18(13)3/h10,12,21H,4-9,11H2,1-3H3. The molecule has 1 saturated heterocycles. The van der Waals surface area contributed by atoms with Crippen LogP contribution in [0.3, 0.4) is 0 Å². The van der Waals surface area contributed by atoms with Gasteiger partial charge in [0, 0.05) is 52.5 Å². The first-order valence-electron chi connectivity index (χ1n) is 7.50. The van der Waals surface area contributed by atoms with E-state index in [2.05, 4.69) is 9.88 Å². The van der Waals surface area contributed by atoms with E-state index in [-0.39, 0.29) is 12.3 Å². The highest BCUT2D eigenvalue weighted by Gasteiger charge is 2.35. The van der Waals surface area contributed by atoms with Crippen LogP contribution < -0.4 is 0 Å². The Morgan fingerprint density at radius 2 is 2.29 bits per heavy atom. The number of hydrogen-bond donors (Lipinski definition) is 1. The number of piperidine rings is 1. The third-order valence-corrected chi connectivity index (χ3v) is 4.21. The number of rotatable bonds is 5. The minimum absolute atomic E-state index is 0.00835. The second kappa shape index (κ2) is 6.58. The third-order valence-electron chi connectivity index (χ3n) is 4.21. The minimum Gasteiger partial charge on any atom is -0.388 e. The zero-order chi connectivity index (χ0) is 15.5. The van der Waals surface area contributed by atoms with Crippen LogP contribution in [-0.2, 0) is 18.3 Å². The van der Waals surface area contributed by atoms with Crippen molar-refractivity contribution in [3.63, 3.8) is 0 Å². The molecule has 0 radical (unpaired) electrons. The number of amides is 1. The summed E-state index contributed by atoms with van der Waals surface area (Å²) in [6, 6.07) is 0. The van der Waals surface area contributed by atoms with Gasteiger partial charge in [-0.05, 0) is 19.4 Å². The summed E-state index contributed by atoms with van der Waals surface area (Å²) in [5.74, 6) is -0.00835. The summed E-state index contributed by atoms with van der Waals surface area (Å²) in [6.45, 7) is 2.44. The molecule has 0 aliphatic carbocycles. The average molecular weight is 294 g/mol. The first kappa shape index (κ1) is 16.0. The SMILES string of the molecule is CN(C)C(=O)CC1(O)CCCN(CCc2cncn2C)C1. The molecule has 2 heterocycles. The van der Waals surface area contributed by atoms with Gasteiger partial charge in [0.15, 0.2) is 0 Å². The first-order valence-corrected chi connectivity index (χ1v) is 7.50. The Morgan fingerprint density at radius 3 is 2.90 bits per heavy atom. The van der Waals surface area contributed by atoms with Gasteiger partial charge < -0.3 is 19.5 Å². The fraction of sp³-hybridized carbons (Fsp3) is 0.733. The number of aryl methyl sites for hydroxylation is 1. The van der Waals surface area contributed by atoms with Crippen molar-refractivity contribution in [2.24, 2.45) is 7.05 Å². The van der Waals surface area contributed by atoms with E-state index in [1.165, 1.54) is 5.69 Å². The van der Waals surface area contributed by atoms with E-state index in [9.17, 15) is 9.90 Å². The van der Waals surface area contributed by atoms with Gasteiger partial charge in [-0.15, -0.1) is 0 Å². The number of hydrogen-bond acceptors (Lipinski definition) is 4. The van der Waals surface area contributed by atoms with E-state index in [0.717, 1.165) is 25.9 Å². The van der Waals surface area contributed by atoms with Gasteiger partial charge in [-0.25, -0.2) is 4.98 Å². The maximum Gasteiger partial charge on any atom is 0.224 e. The Kier molecular flexibility index (Phi) is 5.00. The molecular weight excluding hydrogens is 268 g/mol. The number of nitrogens with zero attached hydrogens (tertiary/aromatic N) is 4. The van der Waals surface area contributed by atoms with E-state index < -0.39 is 5.60 Å². The summed E-state index contributed by atoms with van der Waals surface area (Å²) in [6.07, 6.45) is 6.44. The predicted molar refractivity (Wildman–Crippen MR) is 80.8 cm³/mol. The van der Waals surface area contributed by atoms with Gasteiger partial charge in [-0.2, -0.15) is 0 Å². The van der Waals surface area contributed by atoms with Crippen LogP contribution in [0, 0.1) is 0 Å². The van der Waals surface area contributed by atoms with Gasteiger partial charge in [0.1, 0.15) is 0 Å². The number of aliphatic hydroxyl groups is 1. The van der Waals surface area contributed by atoms with Crippen molar-refractivity contribution < 1.29 is 9.90 Å². The molecule has 1 amide bonds. The molecule has 1 aliphatic heterocycles. The summed E-state index contributed by atoms with van der Waals surface area (Å²) < 4.78 is 2.02. The molecule has 0 aromatic carbocycles. The molecule has 1 aromatic rings.